The first-order valence-corrected chi connectivity index (χ1v) is 10.4. The second kappa shape index (κ2) is 8.67. The smallest absolute Gasteiger partial charge is 0.274 e. The highest BCUT2D eigenvalue weighted by Crippen LogP contribution is 2.32. The van der Waals surface area contributed by atoms with E-state index >= 15 is 0 Å². The number of amides is 1. The molecule has 0 saturated heterocycles. The average Bonchev–Trinajstić information content (AvgIpc) is 2.79. The van der Waals surface area contributed by atoms with E-state index in [1.807, 2.05) is 18.2 Å². The topological polar surface area (TPSA) is 80.3 Å². The molecule has 0 bridgehead atoms. The molecular formula is C26H25N3O3. The average molecular weight is 428 g/mol. The van der Waals surface area contributed by atoms with Gasteiger partial charge in [0.25, 0.3) is 5.91 Å². The van der Waals surface area contributed by atoms with Crippen LogP contribution >= 0.6 is 0 Å². The molecule has 0 fully saturated rings. The van der Waals surface area contributed by atoms with Crippen LogP contribution in [0.3, 0.4) is 0 Å². The number of hydrogen-bond donors (Lipinski definition) is 2. The number of allylic oxidation sites excluding steroid dienone is 1. The van der Waals surface area contributed by atoms with Crippen LogP contribution in [0.4, 0.5) is 5.69 Å². The Morgan fingerprint density at radius 2 is 1.88 bits per heavy atom. The number of nitrogens with one attached hydrogen (secondary N) is 2. The van der Waals surface area contributed by atoms with Gasteiger partial charge in [-0.15, -0.1) is 0 Å². The fourth-order valence-corrected chi connectivity index (χ4v) is 3.78. The molecule has 1 aromatic heterocycles. The summed E-state index contributed by atoms with van der Waals surface area (Å²) in [5.74, 6) is 0.323. The van der Waals surface area contributed by atoms with E-state index < -0.39 is 0 Å². The van der Waals surface area contributed by atoms with Gasteiger partial charge in [0, 0.05) is 40.3 Å². The standard InChI is InChI=1S/C26H25N3O3/c1-26(2)16-18-9-12-20(32-3)14-21(18)23(29-26)15-24(30)17-7-10-19(11-8-17)28-25(31)22-6-4-5-13-27-22/h4-15,29H,16H2,1-3H3,(H,28,31)/b23-15-. The van der Waals surface area contributed by atoms with E-state index in [0.29, 0.717) is 16.9 Å². The van der Waals surface area contributed by atoms with Crippen LogP contribution in [-0.2, 0) is 6.42 Å². The molecule has 3 aromatic rings. The zero-order chi connectivity index (χ0) is 22.7. The fourth-order valence-electron chi connectivity index (χ4n) is 3.78. The van der Waals surface area contributed by atoms with Gasteiger partial charge in [-0.25, -0.2) is 0 Å². The van der Waals surface area contributed by atoms with Crippen LogP contribution in [0, 0.1) is 0 Å². The highest BCUT2D eigenvalue weighted by Gasteiger charge is 2.28. The first kappa shape index (κ1) is 21.3. The number of fused-ring (bicyclic) bond motifs is 1. The molecule has 1 aliphatic heterocycles. The summed E-state index contributed by atoms with van der Waals surface area (Å²) >= 11 is 0. The van der Waals surface area contributed by atoms with Gasteiger partial charge in [0.15, 0.2) is 5.78 Å². The Balaban J connectivity index is 1.55. The first-order valence-electron chi connectivity index (χ1n) is 10.4. The van der Waals surface area contributed by atoms with Gasteiger partial charge in [-0.05, 0) is 74.4 Å². The summed E-state index contributed by atoms with van der Waals surface area (Å²) in [6, 6.07) is 17.9. The van der Waals surface area contributed by atoms with Crippen LogP contribution < -0.4 is 15.4 Å². The number of hydrogen-bond acceptors (Lipinski definition) is 5. The quantitative estimate of drug-likeness (QED) is 0.463. The van der Waals surface area contributed by atoms with E-state index in [0.717, 1.165) is 23.4 Å². The van der Waals surface area contributed by atoms with Crippen molar-refractivity contribution in [2.45, 2.75) is 25.8 Å². The van der Waals surface area contributed by atoms with Crippen molar-refractivity contribution in [1.29, 1.82) is 0 Å². The van der Waals surface area contributed by atoms with E-state index in [4.69, 9.17) is 4.74 Å². The number of benzene rings is 2. The molecule has 2 aromatic carbocycles. The van der Waals surface area contributed by atoms with Crippen molar-refractivity contribution in [1.82, 2.24) is 10.3 Å². The molecule has 32 heavy (non-hydrogen) atoms. The third-order valence-corrected chi connectivity index (χ3v) is 5.31. The van der Waals surface area contributed by atoms with E-state index in [-0.39, 0.29) is 17.2 Å². The second-order valence-electron chi connectivity index (χ2n) is 8.38. The number of carbonyl (C=O) groups is 2. The molecule has 162 valence electrons. The Morgan fingerprint density at radius 3 is 2.56 bits per heavy atom. The van der Waals surface area contributed by atoms with Crippen LogP contribution in [0.25, 0.3) is 5.70 Å². The number of nitrogens with zero attached hydrogens (tertiary/aromatic N) is 1. The third-order valence-electron chi connectivity index (χ3n) is 5.31. The van der Waals surface area contributed by atoms with E-state index in [9.17, 15) is 9.59 Å². The van der Waals surface area contributed by atoms with Gasteiger partial charge in [0.05, 0.1) is 7.11 Å². The van der Waals surface area contributed by atoms with Crippen LogP contribution in [0.15, 0.2) is 72.9 Å². The summed E-state index contributed by atoms with van der Waals surface area (Å²) in [5, 5.41) is 6.27. The minimum absolute atomic E-state index is 0.124. The molecule has 6 nitrogen and oxygen atoms in total. The molecule has 0 aliphatic carbocycles. The van der Waals surface area contributed by atoms with E-state index in [1.165, 1.54) is 5.56 Å². The monoisotopic (exact) mass is 427 g/mol. The highest BCUT2D eigenvalue weighted by atomic mass is 16.5. The molecule has 0 atom stereocenters. The molecule has 2 N–H and O–H groups in total. The summed E-state index contributed by atoms with van der Waals surface area (Å²) in [6.45, 7) is 4.22. The normalized spacial score (nSPS) is 15.4. The number of carbonyl (C=O) groups excluding carboxylic acids is 2. The second-order valence-corrected chi connectivity index (χ2v) is 8.38. The van der Waals surface area contributed by atoms with Crippen LogP contribution in [0.1, 0.15) is 45.8 Å². The van der Waals surface area contributed by atoms with Crippen molar-refractivity contribution in [2.24, 2.45) is 0 Å². The molecule has 1 aliphatic rings. The maximum absolute atomic E-state index is 13.0. The zero-order valence-electron chi connectivity index (χ0n) is 18.3. The van der Waals surface area contributed by atoms with Crippen molar-refractivity contribution in [2.75, 3.05) is 12.4 Å². The lowest BCUT2D eigenvalue weighted by molar-refractivity contribution is 0.102. The summed E-state index contributed by atoms with van der Waals surface area (Å²) in [4.78, 5) is 29.3. The first-order chi connectivity index (χ1) is 15.3. The van der Waals surface area contributed by atoms with Crippen molar-refractivity contribution in [3.05, 3.63) is 95.3 Å². The Morgan fingerprint density at radius 1 is 1.09 bits per heavy atom. The van der Waals surface area contributed by atoms with Crippen molar-refractivity contribution in [3.8, 4) is 5.75 Å². The molecule has 2 heterocycles. The number of ketones is 1. The van der Waals surface area contributed by atoms with Gasteiger partial charge in [0.1, 0.15) is 11.4 Å². The van der Waals surface area contributed by atoms with Gasteiger partial charge in [-0.2, -0.15) is 0 Å². The molecule has 0 radical (unpaired) electrons. The summed E-state index contributed by atoms with van der Waals surface area (Å²) in [5.41, 5.74) is 4.19. The Labute approximate surface area is 187 Å². The fraction of sp³-hybridized carbons (Fsp3) is 0.192. The number of aromatic nitrogens is 1. The SMILES string of the molecule is COc1ccc2c(c1)/C(=C/C(=O)c1ccc(NC(=O)c3ccccn3)cc1)NC(C)(C)C2. The predicted molar refractivity (Wildman–Crippen MR) is 125 cm³/mol. The number of rotatable bonds is 5. The number of anilines is 1. The largest absolute Gasteiger partial charge is 0.497 e. The number of ether oxygens (including phenoxy) is 1. The van der Waals surface area contributed by atoms with Crippen molar-refractivity contribution in [3.63, 3.8) is 0 Å². The van der Waals surface area contributed by atoms with Gasteiger partial charge in [-0.1, -0.05) is 12.1 Å². The van der Waals surface area contributed by atoms with Gasteiger partial charge in [-0.3, -0.25) is 14.6 Å². The molecule has 0 saturated carbocycles. The maximum Gasteiger partial charge on any atom is 0.274 e. The third kappa shape index (κ3) is 4.70. The molecular weight excluding hydrogens is 402 g/mol. The molecule has 0 spiro atoms. The molecule has 0 unspecified atom stereocenters. The summed E-state index contributed by atoms with van der Waals surface area (Å²) in [6.07, 6.45) is 4.04. The van der Waals surface area contributed by atoms with Gasteiger partial charge < -0.3 is 15.4 Å². The summed E-state index contributed by atoms with van der Waals surface area (Å²) < 4.78 is 5.37. The van der Waals surface area contributed by atoms with Crippen molar-refractivity contribution >= 4 is 23.1 Å². The number of pyridine rings is 1. The summed E-state index contributed by atoms with van der Waals surface area (Å²) in [7, 11) is 1.63. The van der Waals surface area contributed by atoms with Gasteiger partial charge >= 0.3 is 0 Å². The predicted octanol–water partition coefficient (Wildman–Crippen LogP) is 4.49. The lowest BCUT2D eigenvalue weighted by Crippen LogP contribution is -2.43. The van der Waals surface area contributed by atoms with E-state index in [2.05, 4.69) is 29.5 Å². The Bertz CT molecular complexity index is 1180. The molecule has 6 heteroatoms. The van der Waals surface area contributed by atoms with Gasteiger partial charge in [0.2, 0.25) is 0 Å². The molecule has 1 amide bonds. The van der Waals surface area contributed by atoms with Crippen LogP contribution in [-0.4, -0.2) is 29.3 Å². The Hall–Kier alpha value is -3.93. The lowest BCUT2D eigenvalue weighted by Gasteiger charge is -2.35. The Kier molecular flexibility index (Phi) is 5.77. The van der Waals surface area contributed by atoms with E-state index in [1.54, 1.807) is 61.8 Å². The maximum atomic E-state index is 13.0. The van der Waals surface area contributed by atoms with Crippen LogP contribution in [0.2, 0.25) is 0 Å². The van der Waals surface area contributed by atoms with Crippen molar-refractivity contribution < 1.29 is 14.3 Å². The minimum Gasteiger partial charge on any atom is -0.497 e. The zero-order valence-corrected chi connectivity index (χ0v) is 18.3. The number of methoxy groups -OCH3 is 1. The lowest BCUT2D eigenvalue weighted by atomic mass is 9.85. The highest BCUT2D eigenvalue weighted by molar-refractivity contribution is 6.09. The molecule has 4 rings (SSSR count). The van der Waals surface area contributed by atoms with Crippen LogP contribution in [0.5, 0.6) is 5.75 Å². The minimum atomic E-state index is -0.300.